The van der Waals surface area contributed by atoms with E-state index in [2.05, 4.69) is 5.32 Å². The molecule has 0 aliphatic heterocycles. The third kappa shape index (κ3) is 2.83. The van der Waals surface area contributed by atoms with Gasteiger partial charge in [-0.2, -0.15) is 16.6 Å². The summed E-state index contributed by atoms with van der Waals surface area (Å²) in [6.45, 7) is 2.00. The summed E-state index contributed by atoms with van der Waals surface area (Å²) in [4.78, 5) is 0. The molecular weight excluding hydrogens is 235 g/mol. The number of anilines is 1. The molecule has 2 aromatic rings. The van der Waals surface area contributed by atoms with Gasteiger partial charge in [0.2, 0.25) is 0 Å². The van der Waals surface area contributed by atoms with Gasteiger partial charge in [0.05, 0.1) is 11.6 Å². The lowest BCUT2D eigenvalue weighted by Crippen LogP contribution is -2.05. The molecule has 0 bridgehead atoms. The molecule has 0 spiro atoms. The second kappa shape index (κ2) is 4.98. The zero-order valence-corrected chi connectivity index (χ0v) is 10.1. The largest absolute Gasteiger partial charge is 0.378 e. The maximum Gasteiger partial charge on any atom is 0.126 e. The minimum absolute atomic E-state index is 0.0922. The van der Waals surface area contributed by atoms with Gasteiger partial charge in [0, 0.05) is 11.7 Å². The standard InChI is InChI=1S/C13H11FN2S/c1-9(11-2-3-17-8-11)16-13-5-10(7-15)4-12(14)6-13/h2-6,8-9,16H,1H3. The predicted molar refractivity (Wildman–Crippen MR) is 67.5 cm³/mol. The number of rotatable bonds is 3. The molecule has 4 heteroatoms. The van der Waals surface area contributed by atoms with Crippen molar-refractivity contribution >= 4 is 17.0 Å². The zero-order chi connectivity index (χ0) is 12.3. The fourth-order valence-electron chi connectivity index (χ4n) is 1.59. The number of hydrogen-bond donors (Lipinski definition) is 1. The van der Waals surface area contributed by atoms with E-state index in [1.54, 1.807) is 17.4 Å². The molecule has 0 radical (unpaired) electrons. The number of nitrogens with one attached hydrogen (secondary N) is 1. The summed E-state index contributed by atoms with van der Waals surface area (Å²) in [5, 5.41) is 16.0. The van der Waals surface area contributed by atoms with Gasteiger partial charge >= 0.3 is 0 Å². The first-order valence-corrected chi connectivity index (χ1v) is 6.12. The minimum Gasteiger partial charge on any atom is -0.378 e. The zero-order valence-electron chi connectivity index (χ0n) is 9.27. The SMILES string of the molecule is CC(Nc1cc(F)cc(C#N)c1)c1ccsc1. The number of nitrogens with zero attached hydrogens (tertiary/aromatic N) is 1. The molecule has 1 aromatic heterocycles. The second-order valence-electron chi connectivity index (χ2n) is 3.76. The maximum absolute atomic E-state index is 13.2. The lowest BCUT2D eigenvalue weighted by molar-refractivity contribution is 0.627. The first kappa shape index (κ1) is 11.6. The summed E-state index contributed by atoms with van der Waals surface area (Å²) in [7, 11) is 0. The van der Waals surface area contributed by atoms with Crippen LogP contribution in [0.15, 0.2) is 35.0 Å². The van der Waals surface area contributed by atoms with Gasteiger partial charge in [-0.25, -0.2) is 4.39 Å². The molecule has 0 saturated carbocycles. The van der Waals surface area contributed by atoms with Crippen molar-refractivity contribution < 1.29 is 4.39 Å². The Bertz CT molecular complexity index is 543. The second-order valence-corrected chi connectivity index (χ2v) is 4.54. The summed E-state index contributed by atoms with van der Waals surface area (Å²) in [6, 6.07) is 8.31. The smallest absolute Gasteiger partial charge is 0.126 e. The Hall–Kier alpha value is -1.86. The highest BCUT2D eigenvalue weighted by Crippen LogP contribution is 2.22. The third-order valence-electron chi connectivity index (χ3n) is 2.45. The molecule has 0 aliphatic carbocycles. The van der Waals surface area contributed by atoms with Crippen LogP contribution in [0.5, 0.6) is 0 Å². The van der Waals surface area contributed by atoms with Crippen LogP contribution < -0.4 is 5.32 Å². The summed E-state index contributed by atoms with van der Waals surface area (Å²) in [6.07, 6.45) is 0. The first-order chi connectivity index (χ1) is 8.19. The Kier molecular flexibility index (Phi) is 3.40. The van der Waals surface area contributed by atoms with Gasteiger partial charge in [-0.3, -0.25) is 0 Å². The summed E-state index contributed by atoms with van der Waals surface area (Å²) >= 11 is 1.62. The van der Waals surface area contributed by atoms with Gasteiger partial charge in [0.25, 0.3) is 0 Å². The van der Waals surface area contributed by atoms with E-state index in [4.69, 9.17) is 5.26 Å². The normalized spacial score (nSPS) is 11.8. The van der Waals surface area contributed by atoms with Crippen molar-refractivity contribution in [2.45, 2.75) is 13.0 Å². The Morgan fingerprint density at radius 2 is 2.24 bits per heavy atom. The highest BCUT2D eigenvalue weighted by molar-refractivity contribution is 7.07. The van der Waals surface area contributed by atoms with Crippen LogP contribution in [-0.4, -0.2) is 0 Å². The van der Waals surface area contributed by atoms with E-state index in [1.165, 1.54) is 12.1 Å². The average molecular weight is 246 g/mol. The molecular formula is C13H11FN2S. The maximum atomic E-state index is 13.2. The van der Waals surface area contributed by atoms with E-state index in [-0.39, 0.29) is 6.04 Å². The molecule has 1 N–H and O–H groups in total. The van der Waals surface area contributed by atoms with Crippen molar-refractivity contribution in [1.82, 2.24) is 0 Å². The van der Waals surface area contributed by atoms with Gasteiger partial charge in [-0.15, -0.1) is 0 Å². The number of halogens is 1. The molecule has 2 nitrogen and oxygen atoms in total. The molecule has 1 heterocycles. The minimum atomic E-state index is -0.399. The van der Waals surface area contributed by atoms with Gasteiger partial charge in [0.1, 0.15) is 5.82 Å². The van der Waals surface area contributed by atoms with Crippen molar-refractivity contribution in [2.24, 2.45) is 0 Å². The van der Waals surface area contributed by atoms with Crippen LogP contribution in [0.4, 0.5) is 10.1 Å². The Labute approximate surface area is 103 Å². The van der Waals surface area contributed by atoms with Crippen LogP contribution >= 0.6 is 11.3 Å². The van der Waals surface area contributed by atoms with Crippen molar-refractivity contribution in [3.63, 3.8) is 0 Å². The van der Waals surface area contributed by atoms with E-state index >= 15 is 0 Å². The van der Waals surface area contributed by atoms with E-state index in [1.807, 2.05) is 29.8 Å². The number of hydrogen-bond acceptors (Lipinski definition) is 3. The van der Waals surface area contributed by atoms with Crippen LogP contribution in [0.25, 0.3) is 0 Å². The van der Waals surface area contributed by atoms with Crippen molar-refractivity contribution in [3.8, 4) is 6.07 Å². The quantitative estimate of drug-likeness (QED) is 0.890. The molecule has 0 fully saturated rings. The van der Waals surface area contributed by atoms with Gasteiger partial charge in [-0.1, -0.05) is 0 Å². The number of benzene rings is 1. The van der Waals surface area contributed by atoms with Crippen LogP contribution in [0.3, 0.4) is 0 Å². The third-order valence-corrected chi connectivity index (χ3v) is 3.15. The fourth-order valence-corrected chi connectivity index (χ4v) is 2.35. The lowest BCUT2D eigenvalue weighted by Gasteiger charge is -2.14. The van der Waals surface area contributed by atoms with Crippen molar-refractivity contribution in [3.05, 3.63) is 52.0 Å². The van der Waals surface area contributed by atoms with E-state index < -0.39 is 5.82 Å². The van der Waals surface area contributed by atoms with Crippen molar-refractivity contribution in [1.29, 1.82) is 5.26 Å². The van der Waals surface area contributed by atoms with E-state index in [0.29, 0.717) is 11.3 Å². The first-order valence-electron chi connectivity index (χ1n) is 5.18. The molecule has 1 atom stereocenters. The highest BCUT2D eigenvalue weighted by atomic mass is 32.1. The molecule has 86 valence electrons. The molecule has 17 heavy (non-hydrogen) atoms. The molecule has 0 aliphatic rings. The molecule has 1 unspecified atom stereocenters. The van der Waals surface area contributed by atoms with Gasteiger partial charge in [-0.05, 0) is 47.5 Å². The van der Waals surface area contributed by atoms with Gasteiger partial charge in [0.15, 0.2) is 0 Å². The van der Waals surface area contributed by atoms with Crippen LogP contribution in [-0.2, 0) is 0 Å². The van der Waals surface area contributed by atoms with Crippen LogP contribution in [0, 0.1) is 17.1 Å². The van der Waals surface area contributed by atoms with Crippen molar-refractivity contribution in [2.75, 3.05) is 5.32 Å². The monoisotopic (exact) mass is 246 g/mol. The Balaban J connectivity index is 2.19. The molecule has 0 saturated heterocycles. The summed E-state index contributed by atoms with van der Waals surface area (Å²) < 4.78 is 13.2. The topological polar surface area (TPSA) is 35.8 Å². The number of nitriles is 1. The summed E-state index contributed by atoms with van der Waals surface area (Å²) in [5.74, 6) is -0.399. The summed E-state index contributed by atoms with van der Waals surface area (Å²) in [5.41, 5.74) is 2.10. The number of thiophene rings is 1. The lowest BCUT2D eigenvalue weighted by atomic mass is 10.1. The average Bonchev–Trinajstić information content (AvgIpc) is 2.81. The van der Waals surface area contributed by atoms with Crippen LogP contribution in [0.1, 0.15) is 24.1 Å². The molecule has 0 amide bonds. The molecule has 2 rings (SSSR count). The van der Waals surface area contributed by atoms with E-state index in [0.717, 1.165) is 5.56 Å². The fraction of sp³-hybridized carbons (Fsp3) is 0.154. The molecule has 1 aromatic carbocycles. The van der Waals surface area contributed by atoms with Gasteiger partial charge < -0.3 is 5.32 Å². The van der Waals surface area contributed by atoms with Crippen LogP contribution in [0.2, 0.25) is 0 Å². The highest BCUT2D eigenvalue weighted by Gasteiger charge is 2.07. The Morgan fingerprint density at radius 1 is 1.41 bits per heavy atom. The predicted octanol–water partition coefficient (Wildman–Crippen LogP) is 3.93. The Morgan fingerprint density at radius 3 is 2.88 bits per heavy atom. The van der Waals surface area contributed by atoms with E-state index in [9.17, 15) is 4.39 Å².